The number of hydrogen-bond acceptors (Lipinski definition) is 6. The molecule has 1 saturated heterocycles. The lowest BCUT2D eigenvalue weighted by molar-refractivity contribution is -0.127. The fourth-order valence-corrected chi connectivity index (χ4v) is 2.91. The molecule has 0 aliphatic carbocycles. The number of ether oxygens (including phenoxy) is 1. The predicted octanol–water partition coefficient (Wildman–Crippen LogP) is 1.11. The summed E-state index contributed by atoms with van der Waals surface area (Å²) in [5.41, 5.74) is 0.807. The maximum absolute atomic E-state index is 12.6. The molecule has 1 aliphatic heterocycles. The van der Waals surface area contributed by atoms with Gasteiger partial charge >= 0.3 is 6.09 Å². The molecule has 2 amide bonds. The SMILES string of the molecule is CCN1CC(=O)C(NC(=O)[C@H](CC(C)C)NC(=O)OCc2ccncc2)C1. The van der Waals surface area contributed by atoms with Crippen LogP contribution in [-0.2, 0) is 20.9 Å². The highest BCUT2D eigenvalue weighted by Crippen LogP contribution is 2.09. The molecule has 1 unspecified atom stereocenters. The fraction of sp³-hybridized carbons (Fsp3) is 0.579. The monoisotopic (exact) mass is 376 g/mol. The molecule has 0 bridgehead atoms. The van der Waals surface area contributed by atoms with Gasteiger partial charge in [0.1, 0.15) is 18.7 Å². The molecule has 0 saturated carbocycles. The van der Waals surface area contributed by atoms with Gasteiger partial charge in [-0.1, -0.05) is 20.8 Å². The highest BCUT2D eigenvalue weighted by Gasteiger charge is 2.33. The number of Topliss-reactive ketones (excluding diaryl/α,β-unsaturated/α-hetero) is 1. The molecular weight excluding hydrogens is 348 g/mol. The Morgan fingerprint density at radius 3 is 2.63 bits per heavy atom. The Morgan fingerprint density at radius 1 is 1.33 bits per heavy atom. The third-order valence-corrected chi connectivity index (χ3v) is 4.41. The summed E-state index contributed by atoms with van der Waals surface area (Å²) in [5.74, 6) is -0.178. The van der Waals surface area contributed by atoms with Crippen molar-refractivity contribution in [2.24, 2.45) is 5.92 Å². The number of pyridine rings is 1. The van der Waals surface area contributed by atoms with Crippen molar-refractivity contribution >= 4 is 17.8 Å². The van der Waals surface area contributed by atoms with Gasteiger partial charge in [-0.15, -0.1) is 0 Å². The van der Waals surface area contributed by atoms with Gasteiger partial charge in [0.25, 0.3) is 0 Å². The molecule has 1 aromatic heterocycles. The van der Waals surface area contributed by atoms with Crippen LogP contribution in [0.15, 0.2) is 24.5 Å². The van der Waals surface area contributed by atoms with E-state index in [2.05, 4.69) is 15.6 Å². The number of hydrogen-bond donors (Lipinski definition) is 2. The van der Waals surface area contributed by atoms with E-state index in [4.69, 9.17) is 4.74 Å². The zero-order valence-electron chi connectivity index (χ0n) is 16.1. The van der Waals surface area contributed by atoms with Crippen molar-refractivity contribution in [3.8, 4) is 0 Å². The normalized spacial score (nSPS) is 18.4. The zero-order chi connectivity index (χ0) is 19.8. The fourth-order valence-electron chi connectivity index (χ4n) is 2.91. The maximum atomic E-state index is 12.6. The minimum atomic E-state index is -0.751. The number of rotatable bonds is 8. The van der Waals surface area contributed by atoms with E-state index in [1.165, 1.54) is 0 Å². The summed E-state index contributed by atoms with van der Waals surface area (Å²) >= 11 is 0. The molecule has 2 N–H and O–H groups in total. The molecular formula is C19H28N4O4. The van der Waals surface area contributed by atoms with Crippen LogP contribution in [0.25, 0.3) is 0 Å². The van der Waals surface area contributed by atoms with Crippen molar-refractivity contribution in [1.29, 1.82) is 0 Å². The Hall–Kier alpha value is -2.48. The molecule has 0 aromatic carbocycles. The Kier molecular flexibility index (Phi) is 7.72. The molecule has 2 atom stereocenters. The number of nitrogens with one attached hydrogen (secondary N) is 2. The number of alkyl carbamates (subject to hydrolysis) is 1. The topological polar surface area (TPSA) is 101 Å². The van der Waals surface area contributed by atoms with Crippen LogP contribution in [0.2, 0.25) is 0 Å². The number of likely N-dealkylation sites (N-methyl/N-ethyl adjacent to an activating group) is 1. The van der Waals surface area contributed by atoms with Gasteiger partial charge in [-0.05, 0) is 36.6 Å². The number of carbonyl (C=O) groups is 3. The summed E-state index contributed by atoms with van der Waals surface area (Å²) in [5, 5.41) is 5.39. The van der Waals surface area contributed by atoms with Crippen molar-refractivity contribution in [3.05, 3.63) is 30.1 Å². The first-order valence-corrected chi connectivity index (χ1v) is 9.26. The zero-order valence-corrected chi connectivity index (χ0v) is 16.1. The van der Waals surface area contributed by atoms with Crippen molar-refractivity contribution in [3.63, 3.8) is 0 Å². The molecule has 1 aromatic rings. The lowest BCUT2D eigenvalue weighted by atomic mass is 10.0. The number of carbonyl (C=O) groups excluding carboxylic acids is 3. The van der Waals surface area contributed by atoms with Crippen LogP contribution in [0.5, 0.6) is 0 Å². The number of nitrogens with zero attached hydrogens (tertiary/aromatic N) is 2. The Bertz CT molecular complexity index is 650. The minimum absolute atomic E-state index is 0.00578. The van der Waals surface area contributed by atoms with Gasteiger partial charge in [0, 0.05) is 18.9 Å². The molecule has 1 fully saturated rings. The summed E-state index contributed by atoms with van der Waals surface area (Å²) in [7, 11) is 0. The van der Waals surface area contributed by atoms with Gasteiger partial charge in [-0.3, -0.25) is 19.5 Å². The van der Waals surface area contributed by atoms with Crippen molar-refractivity contribution in [1.82, 2.24) is 20.5 Å². The molecule has 1 aliphatic rings. The van der Waals surface area contributed by atoms with Gasteiger partial charge < -0.3 is 15.4 Å². The van der Waals surface area contributed by atoms with E-state index in [9.17, 15) is 14.4 Å². The van der Waals surface area contributed by atoms with Crippen molar-refractivity contribution in [2.45, 2.75) is 45.9 Å². The lowest BCUT2D eigenvalue weighted by Gasteiger charge is -2.22. The van der Waals surface area contributed by atoms with E-state index >= 15 is 0 Å². The highest BCUT2D eigenvalue weighted by atomic mass is 16.5. The molecule has 2 rings (SSSR count). The third-order valence-electron chi connectivity index (χ3n) is 4.41. The average molecular weight is 376 g/mol. The van der Waals surface area contributed by atoms with Crippen LogP contribution < -0.4 is 10.6 Å². The minimum Gasteiger partial charge on any atom is -0.445 e. The van der Waals surface area contributed by atoms with Crippen LogP contribution >= 0.6 is 0 Å². The van der Waals surface area contributed by atoms with Gasteiger partial charge in [0.05, 0.1) is 6.54 Å². The van der Waals surface area contributed by atoms with Gasteiger partial charge in [0.2, 0.25) is 5.91 Å². The van der Waals surface area contributed by atoms with E-state index in [0.29, 0.717) is 19.5 Å². The van der Waals surface area contributed by atoms with E-state index < -0.39 is 18.2 Å². The summed E-state index contributed by atoms with van der Waals surface area (Å²) in [6, 6.07) is 2.22. The summed E-state index contributed by atoms with van der Waals surface area (Å²) in [4.78, 5) is 42.6. The highest BCUT2D eigenvalue weighted by molar-refractivity contribution is 5.94. The van der Waals surface area contributed by atoms with Crippen molar-refractivity contribution in [2.75, 3.05) is 19.6 Å². The van der Waals surface area contributed by atoms with Gasteiger partial charge in [-0.25, -0.2) is 4.79 Å². The number of amides is 2. The smallest absolute Gasteiger partial charge is 0.408 e. The number of aromatic nitrogens is 1. The second kappa shape index (κ2) is 10.0. The molecule has 27 heavy (non-hydrogen) atoms. The first-order chi connectivity index (χ1) is 12.9. The largest absolute Gasteiger partial charge is 0.445 e. The van der Waals surface area contributed by atoms with E-state index in [1.807, 2.05) is 25.7 Å². The summed E-state index contributed by atoms with van der Waals surface area (Å²) < 4.78 is 5.18. The van der Waals surface area contributed by atoms with E-state index in [1.54, 1.807) is 24.5 Å². The van der Waals surface area contributed by atoms with Crippen LogP contribution in [-0.4, -0.2) is 59.4 Å². The summed E-state index contributed by atoms with van der Waals surface area (Å²) in [6.07, 6.45) is 3.02. The van der Waals surface area contributed by atoms with Gasteiger partial charge in [0.15, 0.2) is 5.78 Å². The number of likely N-dealkylation sites (tertiary alicyclic amines) is 1. The van der Waals surface area contributed by atoms with Crippen LogP contribution in [0.1, 0.15) is 32.8 Å². The van der Waals surface area contributed by atoms with Crippen LogP contribution in [0.4, 0.5) is 4.79 Å². The van der Waals surface area contributed by atoms with Crippen molar-refractivity contribution < 1.29 is 19.1 Å². The average Bonchev–Trinajstić information content (AvgIpc) is 2.99. The summed E-state index contributed by atoms with van der Waals surface area (Å²) in [6.45, 7) is 7.59. The Morgan fingerprint density at radius 2 is 2.04 bits per heavy atom. The van der Waals surface area contributed by atoms with Crippen LogP contribution in [0.3, 0.4) is 0 Å². The van der Waals surface area contributed by atoms with Crippen LogP contribution in [0, 0.1) is 5.92 Å². The molecule has 0 spiro atoms. The maximum Gasteiger partial charge on any atom is 0.408 e. The van der Waals surface area contributed by atoms with E-state index in [-0.39, 0.29) is 24.2 Å². The molecule has 2 heterocycles. The third kappa shape index (κ3) is 6.63. The molecule has 8 nitrogen and oxygen atoms in total. The second-order valence-corrected chi connectivity index (χ2v) is 7.11. The predicted molar refractivity (Wildman–Crippen MR) is 99.9 cm³/mol. The molecule has 0 radical (unpaired) electrons. The lowest BCUT2D eigenvalue weighted by Crippen LogP contribution is -2.52. The molecule has 8 heteroatoms. The van der Waals surface area contributed by atoms with E-state index in [0.717, 1.165) is 12.1 Å². The Labute approximate surface area is 159 Å². The van der Waals surface area contributed by atoms with Gasteiger partial charge in [-0.2, -0.15) is 0 Å². The first-order valence-electron chi connectivity index (χ1n) is 9.26. The standard InChI is InChI=1S/C19H28N4O4/c1-4-23-10-16(17(24)11-23)21-18(25)15(9-13(2)3)22-19(26)27-12-14-5-7-20-8-6-14/h5-8,13,15-16H,4,9-12H2,1-3H3,(H,21,25)(H,22,26)/t15-,16?/m0/s1. The number of ketones is 1. The first kappa shape index (κ1) is 20.8. The molecule has 148 valence electrons. The quantitative estimate of drug-likeness (QED) is 0.705. The second-order valence-electron chi connectivity index (χ2n) is 7.11. The Balaban J connectivity index is 1.90.